The Kier molecular flexibility index (Phi) is 5.69. The monoisotopic (exact) mass is 361 g/mol. The molecular formula is C20H24FNO4. The van der Waals surface area contributed by atoms with Gasteiger partial charge in [0, 0.05) is 30.5 Å². The van der Waals surface area contributed by atoms with Crippen LogP contribution in [0.3, 0.4) is 0 Å². The van der Waals surface area contributed by atoms with E-state index in [9.17, 15) is 23.9 Å². The molecule has 6 heteroatoms. The Labute approximate surface area is 152 Å². The van der Waals surface area contributed by atoms with Crippen molar-refractivity contribution in [2.24, 2.45) is 17.8 Å². The third-order valence-electron chi connectivity index (χ3n) is 5.61. The molecule has 1 saturated carbocycles. The minimum Gasteiger partial charge on any atom is -0.481 e. The van der Waals surface area contributed by atoms with Crippen LogP contribution in [0.25, 0.3) is 0 Å². The summed E-state index contributed by atoms with van der Waals surface area (Å²) < 4.78 is 13.0. The zero-order valence-corrected chi connectivity index (χ0v) is 14.7. The number of carboxylic acids is 1. The van der Waals surface area contributed by atoms with Crippen LogP contribution in [-0.2, 0) is 9.59 Å². The minimum absolute atomic E-state index is 0.0208. The summed E-state index contributed by atoms with van der Waals surface area (Å²) in [6, 6.07) is 5.51. The van der Waals surface area contributed by atoms with E-state index in [2.05, 4.69) is 0 Å². The van der Waals surface area contributed by atoms with Crippen molar-refractivity contribution in [1.29, 1.82) is 0 Å². The Bertz CT molecular complexity index is 688. The average molecular weight is 361 g/mol. The molecule has 1 saturated heterocycles. The number of amides is 1. The Balaban J connectivity index is 1.64. The predicted octanol–water partition coefficient (Wildman–Crippen LogP) is 3.14. The van der Waals surface area contributed by atoms with Gasteiger partial charge in [-0.25, -0.2) is 4.39 Å². The van der Waals surface area contributed by atoms with Crippen molar-refractivity contribution in [2.75, 3.05) is 13.1 Å². The summed E-state index contributed by atoms with van der Waals surface area (Å²) in [5, 5.41) is 9.21. The molecule has 5 nitrogen and oxygen atoms in total. The van der Waals surface area contributed by atoms with Crippen LogP contribution in [0.5, 0.6) is 0 Å². The first kappa shape index (κ1) is 18.5. The van der Waals surface area contributed by atoms with E-state index in [4.69, 9.17) is 0 Å². The number of carbonyl (C=O) groups is 3. The summed E-state index contributed by atoms with van der Waals surface area (Å²) in [7, 11) is 0. The molecular weight excluding hydrogens is 337 g/mol. The predicted molar refractivity (Wildman–Crippen MR) is 93.1 cm³/mol. The van der Waals surface area contributed by atoms with Crippen molar-refractivity contribution < 1.29 is 23.9 Å². The number of ketones is 1. The molecule has 0 bridgehead atoms. The van der Waals surface area contributed by atoms with Gasteiger partial charge in [0.2, 0.25) is 5.91 Å². The summed E-state index contributed by atoms with van der Waals surface area (Å²) in [4.78, 5) is 38.5. The summed E-state index contributed by atoms with van der Waals surface area (Å²) in [6.45, 7) is 0.976. The third kappa shape index (κ3) is 4.11. The van der Waals surface area contributed by atoms with Crippen LogP contribution in [0.4, 0.5) is 4.39 Å². The highest BCUT2D eigenvalue weighted by atomic mass is 19.1. The number of aliphatic carboxylic acids is 1. The van der Waals surface area contributed by atoms with Gasteiger partial charge in [0.25, 0.3) is 0 Å². The van der Waals surface area contributed by atoms with Crippen molar-refractivity contribution in [3.05, 3.63) is 35.6 Å². The van der Waals surface area contributed by atoms with Crippen LogP contribution >= 0.6 is 0 Å². The van der Waals surface area contributed by atoms with Crippen molar-refractivity contribution in [2.45, 2.75) is 38.5 Å². The Hall–Kier alpha value is -2.24. The maximum absolute atomic E-state index is 13.0. The molecule has 2 fully saturated rings. The fourth-order valence-electron chi connectivity index (χ4n) is 4.14. The van der Waals surface area contributed by atoms with Gasteiger partial charge in [0.1, 0.15) is 5.82 Å². The second-order valence-corrected chi connectivity index (χ2v) is 7.39. The minimum atomic E-state index is -0.828. The van der Waals surface area contributed by atoms with Crippen LogP contribution in [0.1, 0.15) is 48.9 Å². The molecule has 1 aromatic rings. The first-order chi connectivity index (χ1) is 12.5. The van der Waals surface area contributed by atoms with Crippen molar-refractivity contribution in [1.82, 2.24) is 4.90 Å². The number of carboxylic acid groups (broad SMARTS) is 1. The second-order valence-electron chi connectivity index (χ2n) is 7.39. The molecule has 1 aromatic carbocycles. The van der Waals surface area contributed by atoms with Gasteiger partial charge in [0.05, 0.1) is 5.92 Å². The lowest BCUT2D eigenvalue weighted by atomic mass is 9.80. The zero-order chi connectivity index (χ0) is 18.7. The van der Waals surface area contributed by atoms with Gasteiger partial charge in [-0.2, -0.15) is 0 Å². The molecule has 3 atom stereocenters. The van der Waals surface area contributed by atoms with Gasteiger partial charge < -0.3 is 10.0 Å². The fourth-order valence-corrected chi connectivity index (χ4v) is 4.14. The highest BCUT2D eigenvalue weighted by Gasteiger charge is 2.36. The van der Waals surface area contributed by atoms with E-state index in [-0.39, 0.29) is 29.3 Å². The van der Waals surface area contributed by atoms with Crippen molar-refractivity contribution >= 4 is 17.7 Å². The molecule has 0 radical (unpaired) electrons. The highest BCUT2D eigenvalue weighted by molar-refractivity contribution is 5.98. The van der Waals surface area contributed by atoms with Crippen molar-refractivity contribution in [3.8, 4) is 0 Å². The van der Waals surface area contributed by atoms with E-state index >= 15 is 0 Å². The normalized spacial score (nSPS) is 26.3. The van der Waals surface area contributed by atoms with E-state index in [1.165, 1.54) is 24.3 Å². The Morgan fingerprint density at radius 3 is 2.31 bits per heavy atom. The summed E-state index contributed by atoms with van der Waals surface area (Å²) >= 11 is 0. The summed E-state index contributed by atoms with van der Waals surface area (Å²) in [5.41, 5.74) is 0.467. The molecule has 3 rings (SSSR count). The number of hydrogen-bond donors (Lipinski definition) is 1. The van der Waals surface area contributed by atoms with Crippen LogP contribution in [0, 0.1) is 23.6 Å². The average Bonchev–Trinajstić information content (AvgIpc) is 2.67. The number of Topliss-reactive ketones (excluding diaryl/α,β-unsaturated/α-hetero) is 1. The van der Waals surface area contributed by atoms with Gasteiger partial charge in [0.15, 0.2) is 5.78 Å². The molecule has 26 heavy (non-hydrogen) atoms. The molecule has 1 heterocycles. The lowest BCUT2D eigenvalue weighted by molar-refractivity contribution is -0.145. The van der Waals surface area contributed by atoms with E-state index in [1.54, 1.807) is 4.90 Å². The highest BCUT2D eigenvalue weighted by Crippen LogP contribution is 2.32. The standard InChI is InChI=1S/C20H24FNO4/c21-17-8-6-13(7-9-17)18(23)16-5-2-10-22(12-16)19(24)14-3-1-4-15(11-14)20(25)26/h6-9,14-16H,1-5,10-12H2,(H,25,26). The maximum Gasteiger partial charge on any atom is 0.306 e. The molecule has 0 aromatic heterocycles. The number of halogens is 1. The van der Waals surface area contributed by atoms with E-state index in [0.717, 1.165) is 19.3 Å². The quantitative estimate of drug-likeness (QED) is 0.836. The van der Waals surface area contributed by atoms with E-state index in [1.807, 2.05) is 0 Å². The number of hydrogen-bond acceptors (Lipinski definition) is 3. The van der Waals surface area contributed by atoms with Gasteiger partial charge in [-0.05, 0) is 56.4 Å². The van der Waals surface area contributed by atoms with Gasteiger partial charge in [-0.15, -0.1) is 0 Å². The molecule has 1 aliphatic heterocycles. The first-order valence-corrected chi connectivity index (χ1v) is 9.27. The number of rotatable bonds is 4. The van der Waals surface area contributed by atoms with E-state index < -0.39 is 11.9 Å². The molecule has 1 amide bonds. The van der Waals surface area contributed by atoms with Gasteiger partial charge in [-0.1, -0.05) is 6.42 Å². The SMILES string of the molecule is O=C(O)C1CCCC(C(=O)N2CCCC(C(=O)c3ccc(F)cc3)C2)C1. The maximum atomic E-state index is 13.0. The number of benzene rings is 1. The third-order valence-corrected chi connectivity index (χ3v) is 5.61. The fraction of sp³-hybridized carbons (Fsp3) is 0.550. The number of nitrogens with zero attached hydrogens (tertiary/aromatic N) is 1. The second kappa shape index (κ2) is 7.98. The first-order valence-electron chi connectivity index (χ1n) is 9.27. The number of piperidine rings is 1. The van der Waals surface area contributed by atoms with Crippen molar-refractivity contribution in [3.63, 3.8) is 0 Å². The molecule has 1 aliphatic carbocycles. The molecule has 140 valence electrons. The lowest BCUT2D eigenvalue weighted by Crippen LogP contribution is -2.46. The molecule has 3 unspecified atom stereocenters. The lowest BCUT2D eigenvalue weighted by Gasteiger charge is -2.36. The number of carbonyl (C=O) groups excluding carboxylic acids is 2. The van der Waals surface area contributed by atoms with E-state index in [0.29, 0.717) is 37.9 Å². The van der Waals surface area contributed by atoms with Crippen LogP contribution in [0.2, 0.25) is 0 Å². The topological polar surface area (TPSA) is 74.7 Å². The summed E-state index contributed by atoms with van der Waals surface area (Å²) in [6.07, 6.45) is 3.95. The smallest absolute Gasteiger partial charge is 0.306 e. The molecule has 1 N–H and O–H groups in total. The van der Waals surface area contributed by atoms with Crippen LogP contribution < -0.4 is 0 Å². The Morgan fingerprint density at radius 1 is 0.962 bits per heavy atom. The largest absolute Gasteiger partial charge is 0.481 e. The van der Waals surface area contributed by atoms with Crippen LogP contribution in [-0.4, -0.2) is 40.8 Å². The van der Waals surface area contributed by atoms with Gasteiger partial charge >= 0.3 is 5.97 Å². The molecule has 0 spiro atoms. The zero-order valence-electron chi connectivity index (χ0n) is 14.7. The van der Waals surface area contributed by atoms with Gasteiger partial charge in [-0.3, -0.25) is 14.4 Å². The summed E-state index contributed by atoms with van der Waals surface area (Å²) in [5.74, 6) is -2.28. The Morgan fingerprint density at radius 2 is 1.62 bits per heavy atom. The number of likely N-dealkylation sites (tertiary alicyclic amines) is 1. The molecule has 2 aliphatic rings. The van der Waals surface area contributed by atoms with Crippen LogP contribution in [0.15, 0.2) is 24.3 Å².